The Hall–Kier alpha value is -1.30. The number of ether oxygens (including phenoxy) is 2. The second-order valence-electron chi connectivity index (χ2n) is 7.27. The van der Waals surface area contributed by atoms with E-state index in [1.165, 1.54) is 0 Å². The summed E-state index contributed by atoms with van der Waals surface area (Å²) in [7, 11) is 0. The molecule has 3 fully saturated rings. The van der Waals surface area contributed by atoms with Crippen LogP contribution in [0.25, 0.3) is 0 Å². The number of likely N-dealkylation sites (tertiary alicyclic amines) is 2. The molecule has 112 valence electrons. The maximum absolute atomic E-state index is 12.0. The van der Waals surface area contributed by atoms with E-state index in [0.717, 1.165) is 13.1 Å². The molecule has 0 aromatic heterocycles. The summed E-state index contributed by atoms with van der Waals surface area (Å²) < 4.78 is 10.4. The van der Waals surface area contributed by atoms with Crippen LogP contribution in [0.3, 0.4) is 0 Å². The van der Waals surface area contributed by atoms with Gasteiger partial charge in [-0.3, -0.25) is 4.79 Å². The fraction of sp³-hybridized carbons (Fsp3) is 0.857. The van der Waals surface area contributed by atoms with E-state index >= 15 is 0 Å². The molecule has 3 aliphatic heterocycles. The summed E-state index contributed by atoms with van der Waals surface area (Å²) in [5, 5.41) is 0. The normalized spacial score (nSPS) is 24.8. The number of amides is 2. The molecule has 0 N–H and O–H groups in total. The van der Waals surface area contributed by atoms with Gasteiger partial charge in [-0.05, 0) is 20.8 Å². The van der Waals surface area contributed by atoms with Gasteiger partial charge in [-0.2, -0.15) is 0 Å². The Morgan fingerprint density at radius 3 is 2.10 bits per heavy atom. The van der Waals surface area contributed by atoms with Gasteiger partial charge in [0.25, 0.3) is 0 Å². The predicted octanol–water partition coefficient (Wildman–Crippen LogP) is 0.712. The average molecular weight is 282 g/mol. The highest BCUT2D eigenvalue weighted by Gasteiger charge is 2.56. The molecule has 0 saturated carbocycles. The van der Waals surface area contributed by atoms with Gasteiger partial charge < -0.3 is 19.3 Å². The van der Waals surface area contributed by atoms with Gasteiger partial charge in [-0.1, -0.05) is 0 Å². The Labute approximate surface area is 119 Å². The lowest BCUT2D eigenvalue weighted by Crippen LogP contribution is -2.74. The van der Waals surface area contributed by atoms with Crippen molar-refractivity contribution in [3.63, 3.8) is 0 Å². The third-order valence-corrected chi connectivity index (χ3v) is 4.06. The molecule has 0 bridgehead atoms. The maximum Gasteiger partial charge on any atom is 0.410 e. The molecule has 3 heterocycles. The molecule has 3 saturated heterocycles. The maximum atomic E-state index is 12.0. The van der Waals surface area contributed by atoms with Crippen molar-refractivity contribution in [3.05, 3.63) is 0 Å². The zero-order chi connectivity index (χ0) is 14.5. The van der Waals surface area contributed by atoms with Crippen molar-refractivity contribution in [2.75, 3.05) is 39.4 Å². The molecule has 0 aliphatic carbocycles. The monoisotopic (exact) mass is 282 g/mol. The average Bonchev–Trinajstić information content (AvgIpc) is 2.06. The number of hydrogen-bond acceptors (Lipinski definition) is 4. The van der Waals surface area contributed by atoms with Crippen LogP contribution in [0, 0.1) is 11.3 Å². The number of rotatable bonds is 1. The number of nitrogens with zero attached hydrogens (tertiary/aromatic N) is 2. The lowest BCUT2D eigenvalue weighted by atomic mass is 9.72. The Bertz CT molecular complexity index is 425. The molecule has 3 aliphatic rings. The van der Waals surface area contributed by atoms with Crippen molar-refractivity contribution in [2.24, 2.45) is 11.3 Å². The second kappa shape index (κ2) is 4.35. The largest absolute Gasteiger partial charge is 0.444 e. The lowest BCUT2D eigenvalue weighted by Gasteiger charge is -2.60. The minimum atomic E-state index is -0.453. The van der Waals surface area contributed by atoms with Gasteiger partial charge in [-0.15, -0.1) is 0 Å². The Morgan fingerprint density at radius 1 is 1.10 bits per heavy atom. The molecule has 0 radical (unpaired) electrons. The molecule has 6 heteroatoms. The van der Waals surface area contributed by atoms with E-state index in [2.05, 4.69) is 0 Å². The first-order chi connectivity index (χ1) is 9.28. The molecule has 0 atom stereocenters. The second-order valence-corrected chi connectivity index (χ2v) is 7.27. The summed E-state index contributed by atoms with van der Waals surface area (Å²) in [6.07, 6.45) is -0.250. The van der Waals surface area contributed by atoms with Crippen molar-refractivity contribution in [1.82, 2.24) is 9.80 Å². The third-order valence-electron chi connectivity index (χ3n) is 4.06. The van der Waals surface area contributed by atoms with Crippen LogP contribution in [0.5, 0.6) is 0 Å². The summed E-state index contributed by atoms with van der Waals surface area (Å²) in [6.45, 7) is 9.66. The summed E-state index contributed by atoms with van der Waals surface area (Å²) in [5.41, 5.74) is -0.331. The van der Waals surface area contributed by atoms with E-state index < -0.39 is 5.60 Å². The van der Waals surface area contributed by atoms with E-state index in [-0.39, 0.29) is 23.3 Å². The molecular weight excluding hydrogens is 260 g/mol. The quantitative estimate of drug-likeness (QED) is 0.711. The van der Waals surface area contributed by atoms with Gasteiger partial charge in [-0.25, -0.2) is 4.79 Å². The lowest BCUT2D eigenvalue weighted by molar-refractivity contribution is -0.172. The fourth-order valence-electron chi connectivity index (χ4n) is 2.97. The van der Waals surface area contributed by atoms with E-state index in [9.17, 15) is 9.59 Å². The van der Waals surface area contributed by atoms with Crippen molar-refractivity contribution in [1.29, 1.82) is 0 Å². The molecule has 0 aromatic rings. The Morgan fingerprint density at radius 2 is 1.65 bits per heavy atom. The molecule has 6 nitrogen and oxygen atoms in total. The molecule has 1 spiro atoms. The van der Waals surface area contributed by atoms with Crippen LogP contribution < -0.4 is 0 Å². The number of carbonyl (C=O) groups excluding carboxylic acids is 2. The van der Waals surface area contributed by atoms with Crippen molar-refractivity contribution in [2.45, 2.75) is 26.4 Å². The van der Waals surface area contributed by atoms with Crippen molar-refractivity contribution in [3.8, 4) is 0 Å². The van der Waals surface area contributed by atoms with Gasteiger partial charge >= 0.3 is 6.09 Å². The minimum Gasteiger partial charge on any atom is -0.444 e. The van der Waals surface area contributed by atoms with Crippen LogP contribution in [0.1, 0.15) is 20.8 Å². The van der Waals surface area contributed by atoms with Crippen molar-refractivity contribution < 1.29 is 19.1 Å². The minimum absolute atomic E-state index is 0.0642. The van der Waals surface area contributed by atoms with Crippen LogP contribution in [0.4, 0.5) is 4.79 Å². The first-order valence-corrected chi connectivity index (χ1v) is 7.13. The summed E-state index contributed by atoms with van der Waals surface area (Å²) in [6, 6.07) is 0. The van der Waals surface area contributed by atoms with Gasteiger partial charge in [0.05, 0.1) is 19.1 Å². The van der Waals surface area contributed by atoms with Gasteiger partial charge in [0.2, 0.25) is 5.91 Å². The third kappa shape index (κ3) is 2.37. The number of carbonyl (C=O) groups is 2. The van der Waals surface area contributed by atoms with E-state index in [0.29, 0.717) is 26.3 Å². The van der Waals surface area contributed by atoms with Crippen molar-refractivity contribution >= 4 is 12.0 Å². The Kier molecular flexibility index (Phi) is 2.97. The SMILES string of the molecule is CC(C)(C)OC(=O)N1CC2(C1)CN(C(=O)C1COC1)C2. The van der Waals surface area contributed by atoms with Crippen LogP contribution in [-0.4, -0.2) is 66.8 Å². The summed E-state index contributed by atoms with van der Waals surface area (Å²) >= 11 is 0. The molecule has 20 heavy (non-hydrogen) atoms. The van der Waals surface area contributed by atoms with Gasteiger partial charge in [0, 0.05) is 31.6 Å². The molecule has 0 aromatic carbocycles. The molecule has 0 unspecified atom stereocenters. The zero-order valence-electron chi connectivity index (χ0n) is 12.3. The number of hydrogen-bond donors (Lipinski definition) is 0. The van der Waals surface area contributed by atoms with Gasteiger partial charge in [0.15, 0.2) is 0 Å². The van der Waals surface area contributed by atoms with Crippen LogP contribution >= 0.6 is 0 Å². The fourth-order valence-corrected chi connectivity index (χ4v) is 2.97. The Balaban J connectivity index is 1.43. The van der Waals surface area contributed by atoms with Crippen LogP contribution in [-0.2, 0) is 14.3 Å². The highest BCUT2D eigenvalue weighted by atomic mass is 16.6. The topological polar surface area (TPSA) is 59.1 Å². The molecule has 2 amide bonds. The molecule has 3 rings (SSSR count). The molecular formula is C14H22N2O4. The summed E-state index contributed by atoms with van der Waals surface area (Å²) in [5.74, 6) is 0.270. The van der Waals surface area contributed by atoms with E-state index in [1.807, 2.05) is 25.7 Å². The first-order valence-electron chi connectivity index (χ1n) is 7.13. The van der Waals surface area contributed by atoms with Crippen LogP contribution in [0.15, 0.2) is 0 Å². The van der Waals surface area contributed by atoms with Gasteiger partial charge in [0.1, 0.15) is 5.60 Å². The van der Waals surface area contributed by atoms with Crippen LogP contribution in [0.2, 0.25) is 0 Å². The van der Waals surface area contributed by atoms with E-state index in [4.69, 9.17) is 9.47 Å². The highest BCUT2D eigenvalue weighted by molar-refractivity contribution is 5.81. The summed E-state index contributed by atoms with van der Waals surface area (Å²) in [4.78, 5) is 27.4. The van der Waals surface area contributed by atoms with E-state index in [1.54, 1.807) is 4.90 Å². The zero-order valence-corrected chi connectivity index (χ0v) is 12.3. The first kappa shape index (κ1) is 13.7. The standard InChI is InChI=1S/C14H22N2O4/c1-13(2,3)20-12(18)16-8-14(9-16)6-15(7-14)11(17)10-4-19-5-10/h10H,4-9H2,1-3H3. The smallest absolute Gasteiger partial charge is 0.410 e. The highest BCUT2D eigenvalue weighted by Crippen LogP contribution is 2.41. The predicted molar refractivity (Wildman–Crippen MR) is 71.1 cm³/mol.